The molecule has 0 saturated heterocycles. The monoisotopic (exact) mass is 436 g/mol. The van der Waals surface area contributed by atoms with E-state index in [1.807, 2.05) is 0 Å². The van der Waals surface area contributed by atoms with E-state index in [1.54, 1.807) is 0 Å². The molecule has 0 saturated carbocycles. The average Bonchev–Trinajstić information content (AvgIpc) is 2.03. The molecule has 0 bridgehead atoms. The maximum Gasteiger partial charge on any atom is 0.663 e. The fraction of sp³-hybridized carbons (Fsp3) is 1.00. The summed E-state index contributed by atoms with van der Waals surface area (Å²) in [5, 5.41) is 0. The standard InChI is InChI=1S/C3H16O15SSi4/c4-19(5,6)2-1-3-20(16-21(7,8)9,17-22(10,11)12)18-23(13,14)15/h7-15H,1-3H2,(H,4,5,6). The molecule has 0 aromatic heterocycles. The van der Waals surface area contributed by atoms with Crippen molar-refractivity contribution < 1.29 is 68.5 Å². The van der Waals surface area contributed by atoms with Gasteiger partial charge in [0.05, 0.1) is 5.75 Å². The van der Waals surface area contributed by atoms with Crippen molar-refractivity contribution in [1.29, 1.82) is 0 Å². The summed E-state index contributed by atoms with van der Waals surface area (Å²) in [7, 11) is -26.6. The lowest BCUT2D eigenvalue weighted by molar-refractivity contribution is 0.0253. The number of hydrogen-bond acceptors (Lipinski definition) is 14. The third-order valence-corrected chi connectivity index (χ3v) is 10.6. The van der Waals surface area contributed by atoms with E-state index in [1.165, 1.54) is 0 Å². The molecule has 0 aliphatic rings. The third kappa shape index (κ3) is 13.3. The zero-order valence-corrected chi connectivity index (χ0v) is 15.9. The molecule has 0 aromatic carbocycles. The predicted octanol–water partition coefficient (Wildman–Crippen LogP) is -6.51. The molecule has 20 heteroatoms. The van der Waals surface area contributed by atoms with Crippen molar-refractivity contribution >= 4 is 46.1 Å². The Kier molecular flexibility index (Phi) is 7.78. The molecule has 23 heavy (non-hydrogen) atoms. The summed E-state index contributed by atoms with van der Waals surface area (Å²) in [5.41, 5.74) is 0. The minimum Gasteiger partial charge on any atom is -0.368 e. The Morgan fingerprint density at radius 3 is 1.22 bits per heavy atom. The van der Waals surface area contributed by atoms with Gasteiger partial charge in [-0.1, -0.05) is 0 Å². The lowest BCUT2D eigenvalue weighted by atomic mass is 10.6. The highest BCUT2D eigenvalue weighted by molar-refractivity contribution is 7.85. The van der Waals surface area contributed by atoms with Crippen LogP contribution in [0.3, 0.4) is 0 Å². The predicted molar refractivity (Wildman–Crippen MR) is 72.1 cm³/mol. The van der Waals surface area contributed by atoms with Crippen molar-refractivity contribution in [2.45, 2.75) is 12.5 Å². The van der Waals surface area contributed by atoms with Crippen molar-refractivity contribution in [1.82, 2.24) is 0 Å². The molecule has 0 unspecified atom stereocenters. The Balaban J connectivity index is 5.53. The maximum absolute atomic E-state index is 10.6. The van der Waals surface area contributed by atoms with Gasteiger partial charge in [-0.2, -0.15) is 8.42 Å². The minimum absolute atomic E-state index is 0.718. The van der Waals surface area contributed by atoms with Crippen LogP contribution in [-0.2, 0) is 22.5 Å². The lowest BCUT2D eigenvalue weighted by Crippen LogP contribution is -2.66. The van der Waals surface area contributed by atoms with Crippen LogP contribution in [-0.4, -0.2) is 97.8 Å². The van der Waals surface area contributed by atoms with Crippen LogP contribution >= 0.6 is 0 Å². The van der Waals surface area contributed by atoms with Gasteiger partial charge in [0.25, 0.3) is 10.1 Å². The van der Waals surface area contributed by atoms with Crippen molar-refractivity contribution in [3.8, 4) is 0 Å². The molecule has 0 aromatic rings. The molecule has 10 N–H and O–H groups in total. The van der Waals surface area contributed by atoms with Crippen LogP contribution in [0.1, 0.15) is 6.42 Å². The Bertz CT molecular complexity index is 430. The average molecular weight is 437 g/mol. The van der Waals surface area contributed by atoms with E-state index >= 15 is 0 Å². The summed E-state index contributed by atoms with van der Waals surface area (Å²) in [6.07, 6.45) is -0.718. The van der Waals surface area contributed by atoms with Gasteiger partial charge in [-0.3, -0.25) is 4.55 Å². The van der Waals surface area contributed by atoms with Gasteiger partial charge in [-0.05, 0) is 6.42 Å². The van der Waals surface area contributed by atoms with E-state index in [4.69, 9.17) is 47.7 Å². The molecule has 0 atom stereocenters. The zero-order valence-electron chi connectivity index (χ0n) is 11.0. The van der Waals surface area contributed by atoms with E-state index < -0.39 is 64.3 Å². The molecule has 15 nitrogen and oxygen atoms in total. The van der Waals surface area contributed by atoms with Crippen LogP contribution in [0.4, 0.5) is 0 Å². The molecule has 0 fully saturated rings. The molecule has 140 valence electrons. The van der Waals surface area contributed by atoms with Gasteiger partial charge in [-0.25, -0.2) is 0 Å². The summed E-state index contributed by atoms with van der Waals surface area (Å²) < 4.78 is 42.1. The van der Waals surface area contributed by atoms with Gasteiger partial charge in [0.15, 0.2) is 0 Å². The topological polar surface area (TPSA) is 264 Å². The molecule has 0 spiro atoms. The maximum atomic E-state index is 10.6. The zero-order chi connectivity index (χ0) is 18.7. The van der Waals surface area contributed by atoms with E-state index in [-0.39, 0.29) is 0 Å². The van der Waals surface area contributed by atoms with E-state index in [0.29, 0.717) is 0 Å². The summed E-state index contributed by atoms with van der Waals surface area (Å²) >= 11 is 0. The molecule has 0 radical (unpaired) electrons. The van der Waals surface area contributed by atoms with Gasteiger partial charge >= 0.3 is 35.9 Å². The number of hydrogen-bond donors (Lipinski definition) is 10. The van der Waals surface area contributed by atoms with Gasteiger partial charge in [0.1, 0.15) is 0 Å². The highest BCUT2D eigenvalue weighted by Gasteiger charge is 2.60. The van der Waals surface area contributed by atoms with Crippen LogP contribution in [0, 0.1) is 0 Å². The summed E-state index contributed by atoms with van der Waals surface area (Å²) in [4.78, 5) is 79.9. The van der Waals surface area contributed by atoms with Crippen LogP contribution in [0.15, 0.2) is 0 Å². The highest BCUT2D eigenvalue weighted by atomic mass is 32.2. The Morgan fingerprint density at radius 2 is 1.00 bits per heavy atom. The largest absolute Gasteiger partial charge is 0.663 e. The molecule has 0 heterocycles. The van der Waals surface area contributed by atoms with Crippen LogP contribution in [0.2, 0.25) is 6.04 Å². The van der Waals surface area contributed by atoms with Crippen molar-refractivity contribution in [2.24, 2.45) is 0 Å². The Morgan fingerprint density at radius 1 is 0.696 bits per heavy atom. The van der Waals surface area contributed by atoms with Gasteiger partial charge in [0, 0.05) is 6.04 Å². The SMILES string of the molecule is O=S(=O)(O)CCC[Si](O[Si](O)(O)O)(O[Si](O)(O)O)O[Si](O)(O)O. The molecule has 0 aliphatic heterocycles. The second-order valence-corrected chi connectivity index (χ2v) is 13.4. The lowest BCUT2D eigenvalue weighted by Gasteiger charge is -2.34. The van der Waals surface area contributed by atoms with Crippen LogP contribution < -0.4 is 0 Å². The second-order valence-electron chi connectivity index (χ2n) is 4.10. The normalized spacial score (nSPS) is 15.0. The Hall–Kier alpha value is 0.298. The smallest absolute Gasteiger partial charge is 0.368 e. The quantitative estimate of drug-likeness (QED) is 0.113. The number of rotatable bonds is 10. The fourth-order valence-electron chi connectivity index (χ4n) is 1.31. The van der Waals surface area contributed by atoms with Gasteiger partial charge < -0.3 is 55.5 Å². The molecular weight excluding hydrogens is 420 g/mol. The first-order chi connectivity index (χ1) is 9.83. The van der Waals surface area contributed by atoms with Gasteiger partial charge in [0.2, 0.25) is 0 Å². The van der Waals surface area contributed by atoms with Crippen molar-refractivity contribution in [3.05, 3.63) is 0 Å². The molecular formula is C3H16O15SSi4. The van der Waals surface area contributed by atoms with E-state index in [9.17, 15) is 8.42 Å². The van der Waals surface area contributed by atoms with Crippen LogP contribution in [0.25, 0.3) is 0 Å². The van der Waals surface area contributed by atoms with E-state index in [0.717, 1.165) is 0 Å². The summed E-state index contributed by atoms with van der Waals surface area (Å²) in [6.45, 7) is 0. The molecule has 0 rings (SSSR count). The third-order valence-electron chi connectivity index (χ3n) is 1.76. The summed E-state index contributed by atoms with van der Waals surface area (Å²) in [6, 6.07) is -1.02. The minimum atomic E-state index is -5.61. The van der Waals surface area contributed by atoms with Crippen molar-refractivity contribution in [3.63, 3.8) is 0 Å². The molecule has 0 amide bonds. The fourth-order valence-corrected chi connectivity index (χ4v) is 10.5. The molecule has 0 aliphatic carbocycles. The van der Waals surface area contributed by atoms with Crippen molar-refractivity contribution in [2.75, 3.05) is 5.75 Å². The first-order valence-corrected chi connectivity index (χ1v) is 14.2. The first kappa shape index (κ1) is 23.3. The Labute approximate surface area is 133 Å². The van der Waals surface area contributed by atoms with Gasteiger partial charge in [-0.15, -0.1) is 0 Å². The highest BCUT2D eigenvalue weighted by Crippen LogP contribution is 2.24. The van der Waals surface area contributed by atoms with Crippen LogP contribution in [0.5, 0.6) is 0 Å². The van der Waals surface area contributed by atoms with E-state index in [2.05, 4.69) is 12.3 Å². The first-order valence-electron chi connectivity index (χ1n) is 5.40. The second kappa shape index (κ2) is 7.68. The summed E-state index contributed by atoms with van der Waals surface area (Å²) in [5.74, 6) is -1.03.